The second-order valence-corrected chi connectivity index (χ2v) is 26.0. The molecule has 0 spiro atoms. The fraction of sp³-hybridized carbons (Fsp3) is 0.853. The van der Waals surface area contributed by atoms with Crippen molar-refractivity contribution in [1.29, 1.82) is 0 Å². The maximum Gasteiger partial charge on any atom is 0.220 e. The van der Waals surface area contributed by atoms with E-state index in [9.17, 15) is 45.6 Å². The number of hydrogen-bond acceptors (Lipinski definition) is 13. The Morgan fingerprint density at radius 2 is 0.775 bits per heavy atom. The van der Waals surface area contributed by atoms with Crippen LogP contribution in [0.4, 0.5) is 0 Å². The number of aliphatic hydroxyl groups excluding tert-OH is 8. The van der Waals surface area contributed by atoms with Crippen LogP contribution in [0.3, 0.4) is 0 Å². The van der Waals surface area contributed by atoms with Crippen LogP contribution >= 0.6 is 0 Å². The monoisotopic (exact) mass is 1260 g/mol. The second-order valence-electron chi connectivity index (χ2n) is 26.0. The minimum atomic E-state index is -1.78. The van der Waals surface area contributed by atoms with Gasteiger partial charge in [0.05, 0.1) is 32.0 Å². The first-order chi connectivity index (χ1) is 43.6. The van der Waals surface area contributed by atoms with Crippen molar-refractivity contribution < 1.29 is 64.6 Å². The van der Waals surface area contributed by atoms with Crippen LogP contribution in [0, 0.1) is 0 Å². The molecule has 2 fully saturated rings. The van der Waals surface area contributed by atoms with Crippen LogP contribution in [-0.4, -0.2) is 140 Å². The Morgan fingerprint density at radius 3 is 1.19 bits per heavy atom. The highest BCUT2D eigenvalue weighted by Gasteiger charge is 2.51. The van der Waals surface area contributed by atoms with E-state index in [2.05, 4.69) is 79.9 Å². The number of nitrogens with one attached hydrogen (secondary N) is 1. The zero-order valence-corrected chi connectivity index (χ0v) is 56.7. The van der Waals surface area contributed by atoms with E-state index >= 15 is 0 Å². The van der Waals surface area contributed by atoms with Gasteiger partial charge < -0.3 is 65.1 Å². The van der Waals surface area contributed by atoms with Crippen molar-refractivity contribution in [2.45, 2.75) is 389 Å². The fourth-order valence-corrected chi connectivity index (χ4v) is 12.2. The van der Waals surface area contributed by atoms with Gasteiger partial charge in [-0.3, -0.25) is 4.79 Å². The van der Waals surface area contributed by atoms with E-state index in [4.69, 9.17) is 18.9 Å². The molecular weight excluding hydrogens is 1120 g/mol. The van der Waals surface area contributed by atoms with Gasteiger partial charge in [-0.15, -0.1) is 0 Å². The molecule has 0 radical (unpaired) electrons. The molecule has 14 heteroatoms. The molecule has 89 heavy (non-hydrogen) atoms. The van der Waals surface area contributed by atoms with E-state index in [0.29, 0.717) is 12.8 Å². The van der Waals surface area contributed by atoms with Crippen LogP contribution < -0.4 is 5.32 Å². The summed E-state index contributed by atoms with van der Waals surface area (Å²) in [4.78, 5) is 13.4. The molecule has 0 saturated carbocycles. The number of allylic oxidation sites excluding steroid dienone is 10. The van der Waals surface area contributed by atoms with Crippen molar-refractivity contribution in [3.63, 3.8) is 0 Å². The van der Waals surface area contributed by atoms with Crippen LogP contribution in [0.15, 0.2) is 60.8 Å². The number of hydrogen-bond donors (Lipinski definition) is 9. The minimum absolute atomic E-state index is 0.201. The van der Waals surface area contributed by atoms with Gasteiger partial charge in [-0.05, 0) is 57.8 Å². The van der Waals surface area contributed by atoms with E-state index in [1.54, 1.807) is 0 Å². The van der Waals surface area contributed by atoms with E-state index in [1.165, 1.54) is 205 Å². The maximum atomic E-state index is 13.4. The van der Waals surface area contributed by atoms with Crippen LogP contribution in [0.25, 0.3) is 0 Å². The average molecular weight is 1260 g/mol. The van der Waals surface area contributed by atoms with Gasteiger partial charge in [0, 0.05) is 6.42 Å². The van der Waals surface area contributed by atoms with Crippen molar-refractivity contribution in [2.24, 2.45) is 0 Å². The Morgan fingerprint density at radius 1 is 0.416 bits per heavy atom. The Kier molecular flexibility index (Phi) is 55.3. The molecule has 520 valence electrons. The van der Waals surface area contributed by atoms with Gasteiger partial charge in [0.2, 0.25) is 5.91 Å². The summed E-state index contributed by atoms with van der Waals surface area (Å²) in [6, 6.07) is -0.828. The molecule has 9 N–H and O–H groups in total. The van der Waals surface area contributed by atoms with Gasteiger partial charge in [0.15, 0.2) is 12.6 Å². The molecule has 0 bridgehead atoms. The third-order valence-electron chi connectivity index (χ3n) is 18.0. The topological polar surface area (TPSA) is 228 Å². The molecule has 12 unspecified atom stereocenters. The van der Waals surface area contributed by atoms with E-state index in [0.717, 1.165) is 83.5 Å². The number of carbonyl (C=O) groups excluding carboxylic acids is 1. The molecule has 2 rings (SSSR count). The van der Waals surface area contributed by atoms with Gasteiger partial charge >= 0.3 is 0 Å². The molecule has 0 aromatic heterocycles. The molecule has 0 aromatic rings. The molecule has 12 atom stereocenters. The lowest BCUT2D eigenvalue weighted by molar-refractivity contribution is -0.359. The normalized spacial score (nSPS) is 23.3. The number of amides is 1. The molecule has 2 saturated heterocycles. The quantitative estimate of drug-likeness (QED) is 0.0204. The van der Waals surface area contributed by atoms with Crippen LogP contribution in [-0.2, 0) is 23.7 Å². The van der Waals surface area contributed by atoms with Crippen molar-refractivity contribution >= 4 is 5.91 Å². The predicted molar refractivity (Wildman–Crippen MR) is 364 cm³/mol. The summed E-state index contributed by atoms with van der Waals surface area (Å²) in [6.07, 6.45) is 62.6. The molecule has 1 amide bonds. The van der Waals surface area contributed by atoms with Gasteiger partial charge in [-0.25, -0.2) is 0 Å². The zero-order valence-electron chi connectivity index (χ0n) is 56.7. The summed E-state index contributed by atoms with van der Waals surface area (Å²) in [5.41, 5.74) is 0. The molecule has 2 aliphatic heterocycles. The standard InChI is InChI=1S/C75H137NO13/c1-3-5-7-9-11-13-15-17-19-21-22-23-24-25-26-27-28-29-30-31-32-33-34-35-36-37-38-39-40-41-42-43-45-47-49-51-53-55-57-59-67(80)76-63(64(79)58-56-54-52-50-48-46-44-20-18-16-14-12-10-8-6-4-2)62-86-74-72(85)70(83)73(66(61-78)88-74)89-75-71(84)69(82)68(81)65(60-77)87-75/h5,7,11,13,17,19,22-23,25-26,63-66,68-75,77-79,81-85H,3-4,6,8-10,12,14-16,18,20-21,24,27-62H2,1-2H3,(H,76,80)/b7-5-,13-11-,19-17-,23-22-,26-25-. The fourth-order valence-electron chi connectivity index (χ4n) is 12.2. The lowest BCUT2D eigenvalue weighted by Crippen LogP contribution is -2.65. The molecular formula is C75H137NO13. The largest absolute Gasteiger partial charge is 0.394 e. The van der Waals surface area contributed by atoms with Crippen molar-refractivity contribution in [3.05, 3.63) is 60.8 Å². The highest BCUT2D eigenvalue weighted by molar-refractivity contribution is 5.76. The first-order valence-corrected chi connectivity index (χ1v) is 37.0. The van der Waals surface area contributed by atoms with E-state index in [-0.39, 0.29) is 12.5 Å². The second kappa shape index (κ2) is 59.4. The summed E-state index contributed by atoms with van der Waals surface area (Å²) >= 11 is 0. The highest BCUT2D eigenvalue weighted by Crippen LogP contribution is 2.30. The number of carbonyl (C=O) groups is 1. The molecule has 2 aliphatic rings. The maximum absolute atomic E-state index is 13.4. The summed E-state index contributed by atoms with van der Waals surface area (Å²) < 4.78 is 22.9. The van der Waals surface area contributed by atoms with Gasteiger partial charge in [-0.1, -0.05) is 312 Å². The SMILES string of the molecule is CC/C=C\C/C=C\C/C=C\C/C=C\C/C=C\CCCCCCCCCCCCCCCCCCCCCCCCCC(=O)NC(COC1OC(CO)C(OC2OC(CO)C(O)C(O)C2O)C(O)C1O)C(O)CCCCCCCCCCCCCCCCCC. The summed E-state index contributed by atoms with van der Waals surface area (Å²) in [6.45, 7) is 2.78. The van der Waals surface area contributed by atoms with Crippen LogP contribution in [0.5, 0.6) is 0 Å². The molecule has 2 heterocycles. The van der Waals surface area contributed by atoms with E-state index < -0.39 is 86.8 Å². The van der Waals surface area contributed by atoms with Gasteiger partial charge in [-0.2, -0.15) is 0 Å². The Bertz CT molecular complexity index is 1720. The van der Waals surface area contributed by atoms with Crippen molar-refractivity contribution in [1.82, 2.24) is 5.32 Å². The Hall–Kier alpha value is -2.31. The van der Waals surface area contributed by atoms with Crippen molar-refractivity contribution in [3.8, 4) is 0 Å². The Labute approximate surface area is 543 Å². The smallest absolute Gasteiger partial charge is 0.220 e. The third kappa shape index (κ3) is 43.3. The summed E-state index contributed by atoms with van der Waals surface area (Å²) in [5.74, 6) is -0.201. The molecule has 14 nitrogen and oxygen atoms in total. The number of unbranched alkanes of at least 4 members (excludes halogenated alkanes) is 38. The molecule has 0 aromatic carbocycles. The average Bonchev–Trinajstić information content (AvgIpc) is 2.55. The lowest BCUT2D eigenvalue weighted by atomic mass is 9.97. The number of rotatable bonds is 61. The minimum Gasteiger partial charge on any atom is -0.394 e. The Balaban J connectivity index is 1.56. The van der Waals surface area contributed by atoms with Gasteiger partial charge in [0.25, 0.3) is 0 Å². The van der Waals surface area contributed by atoms with Crippen LogP contribution in [0.2, 0.25) is 0 Å². The van der Waals surface area contributed by atoms with Crippen molar-refractivity contribution in [2.75, 3.05) is 19.8 Å². The first-order valence-electron chi connectivity index (χ1n) is 37.0. The molecule has 0 aliphatic carbocycles. The van der Waals surface area contributed by atoms with E-state index in [1.807, 2.05) is 0 Å². The van der Waals surface area contributed by atoms with Crippen LogP contribution in [0.1, 0.15) is 316 Å². The van der Waals surface area contributed by atoms with Gasteiger partial charge in [0.1, 0.15) is 48.8 Å². The number of ether oxygens (including phenoxy) is 4. The predicted octanol–water partition coefficient (Wildman–Crippen LogP) is 15.6. The third-order valence-corrected chi connectivity index (χ3v) is 18.0. The highest BCUT2D eigenvalue weighted by atomic mass is 16.7. The number of aliphatic hydroxyl groups is 8. The first kappa shape index (κ1) is 82.8. The zero-order chi connectivity index (χ0) is 64.5. The summed E-state index contributed by atoms with van der Waals surface area (Å²) in [5, 5.41) is 87.6. The summed E-state index contributed by atoms with van der Waals surface area (Å²) in [7, 11) is 0. The lowest BCUT2D eigenvalue weighted by Gasteiger charge is -2.46.